The van der Waals surface area contributed by atoms with Crippen molar-refractivity contribution in [3.63, 3.8) is 0 Å². The van der Waals surface area contributed by atoms with Crippen LogP contribution in [0.5, 0.6) is 0 Å². The number of aliphatic hydroxyl groups is 1. The molecule has 4 N–H and O–H groups in total. The Morgan fingerprint density at radius 3 is 2.92 bits per heavy atom. The first-order valence-electron chi connectivity index (χ1n) is 8.61. The molecule has 0 saturated heterocycles. The van der Waals surface area contributed by atoms with Gasteiger partial charge >= 0.3 is 0 Å². The second-order valence-corrected chi connectivity index (χ2v) is 7.10. The maximum Gasteiger partial charge on any atom is 0.223 e. The van der Waals surface area contributed by atoms with E-state index >= 15 is 0 Å². The molecule has 2 atom stereocenters. The predicted octanol–water partition coefficient (Wildman–Crippen LogP) is 3.40. The summed E-state index contributed by atoms with van der Waals surface area (Å²) < 4.78 is 5.93. The second kappa shape index (κ2) is 6.74. The molecular formula is C18H20ClN5O2. The number of halogens is 1. The van der Waals surface area contributed by atoms with Crippen LogP contribution in [0.3, 0.4) is 0 Å². The topological polar surface area (TPSA) is 110 Å². The molecule has 0 aromatic carbocycles. The lowest BCUT2D eigenvalue weighted by atomic mass is 10.1. The number of anilines is 2. The van der Waals surface area contributed by atoms with Gasteiger partial charge in [0.05, 0.1) is 5.56 Å². The van der Waals surface area contributed by atoms with E-state index in [1.165, 1.54) is 0 Å². The minimum Gasteiger partial charge on any atom is -0.454 e. The number of pyridine rings is 1. The molecule has 136 valence electrons. The maximum absolute atomic E-state index is 9.36. The molecule has 0 radical (unpaired) electrons. The molecule has 0 unspecified atom stereocenters. The van der Waals surface area contributed by atoms with Gasteiger partial charge in [-0.05, 0) is 44.2 Å². The van der Waals surface area contributed by atoms with E-state index in [1.807, 2.05) is 25.1 Å². The maximum atomic E-state index is 9.36. The summed E-state index contributed by atoms with van der Waals surface area (Å²) in [5.41, 5.74) is 8.70. The van der Waals surface area contributed by atoms with Crippen molar-refractivity contribution in [1.29, 1.82) is 0 Å². The molecule has 1 fully saturated rings. The number of rotatable bonds is 4. The Balaban J connectivity index is 1.74. The van der Waals surface area contributed by atoms with Gasteiger partial charge < -0.3 is 20.6 Å². The Kier molecular flexibility index (Phi) is 4.42. The Morgan fingerprint density at radius 2 is 2.15 bits per heavy atom. The second-order valence-electron chi connectivity index (χ2n) is 6.75. The number of aromatic nitrogens is 3. The molecule has 1 aliphatic carbocycles. The average molecular weight is 374 g/mol. The third kappa shape index (κ3) is 3.20. The number of aliphatic hydroxyl groups excluding tert-OH is 1. The summed E-state index contributed by atoms with van der Waals surface area (Å²) in [6.07, 6.45) is 2.80. The number of nitrogen functional groups attached to an aromatic ring is 1. The molecule has 0 aliphatic heterocycles. The number of nitrogens with zero attached hydrogens (tertiary/aromatic N) is 3. The van der Waals surface area contributed by atoms with Crippen molar-refractivity contribution in [1.82, 2.24) is 15.0 Å². The van der Waals surface area contributed by atoms with Gasteiger partial charge in [0.25, 0.3) is 0 Å². The number of furan rings is 1. The van der Waals surface area contributed by atoms with Crippen molar-refractivity contribution in [2.24, 2.45) is 5.92 Å². The van der Waals surface area contributed by atoms with Crippen LogP contribution in [0.25, 0.3) is 22.4 Å². The fraction of sp³-hybridized carbons (Fsp3) is 0.389. The number of aryl methyl sites for hydroxylation is 1. The van der Waals surface area contributed by atoms with Crippen LogP contribution in [0.15, 0.2) is 22.6 Å². The highest BCUT2D eigenvalue weighted by Gasteiger charge is 2.27. The zero-order valence-corrected chi connectivity index (χ0v) is 15.1. The lowest BCUT2D eigenvalue weighted by Gasteiger charge is -2.16. The largest absolute Gasteiger partial charge is 0.454 e. The van der Waals surface area contributed by atoms with Gasteiger partial charge in [-0.25, -0.2) is 9.97 Å². The standard InChI is InChI=1S/C18H20ClN5O2/c1-9-2-5-13-12(21-9)7-14(26-13)15-16(19)23-18(20)24-17(15)22-11-4-3-10(6-11)8-25/h2,5,7,10-11,25H,3-4,6,8H2,1H3,(H3,20,22,23,24)/t10-,11+/m1/s1. The van der Waals surface area contributed by atoms with Crippen LogP contribution in [-0.2, 0) is 0 Å². The van der Waals surface area contributed by atoms with Crippen molar-refractivity contribution in [3.05, 3.63) is 29.0 Å². The van der Waals surface area contributed by atoms with Crippen LogP contribution >= 0.6 is 11.6 Å². The van der Waals surface area contributed by atoms with Crippen molar-refractivity contribution < 1.29 is 9.52 Å². The van der Waals surface area contributed by atoms with E-state index in [1.54, 1.807) is 0 Å². The van der Waals surface area contributed by atoms with Crippen molar-refractivity contribution in [2.75, 3.05) is 17.7 Å². The molecule has 1 aliphatic rings. The number of fused-ring (bicyclic) bond motifs is 1. The van der Waals surface area contributed by atoms with E-state index in [9.17, 15) is 5.11 Å². The van der Waals surface area contributed by atoms with E-state index < -0.39 is 0 Å². The van der Waals surface area contributed by atoms with Gasteiger partial charge in [-0.3, -0.25) is 0 Å². The first kappa shape index (κ1) is 17.1. The zero-order chi connectivity index (χ0) is 18.3. The number of nitrogens with one attached hydrogen (secondary N) is 1. The van der Waals surface area contributed by atoms with E-state index in [0.717, 1.165) is 30.5 Å². The highest BCUT2D eigenvalue weighted by molar-refractivity contribution is 6.32. The fourth-order valence-electron chi connectivity index (χ4n) is 3.49. The van der Waals surface area contributed by atoms with Crippen LogP contribution < -0.4 is 11.1 Å². The third-order valence-electron chi connectivity index (χ3n) is 4.78. The average Bonchev–Trinajstić information content (AvgIpc) is 3.20. The Hall–Kier alpha value is -2.38. The summed E-state index contributed by atoms with van der Waals surface area (Å²) in [6.45, 7) is 2.13. The molecule has 3 aromatic heterocycles. The highest BCUT2D eigenvalue weighted by Crippen LogP contribution is 2.38. The summed E-state index contributed by atoms with van der Waals surface area (Å²) >= 11 is 6.38. The molecule has 8 heteroatoms. The van der Waals surface area contributed by atoms with Gasteiger partial charge in [0.2, 0.25) is 5.95 Å². The summed E-state index contributed by atoms with van der Waals surface area (Å²) in [5, 5.41) is 13.0. The molecule has 0 bridgehead atoms. The van der Waals surface area contributed by atoms with Gasteiger partial charge in [-0.1, -0.05) is 11.6 Å². The lowest BCUT2D eigenvalue weighted by molar-refractivity contribution is 0.229. The monoisotopic (exact) mass is 373 g/mol. The van der Waals surface area contributed by atoms with Gasteiger partial charge in [-0.15, -0.1) is 0 Å². The normalized spacial score (nSPS) is 20.0. The van der Waals surface area contributed by atoms with Crippen molar-refractivity contribution in [2.45, 2.75) is 32.2 Å². The van der Waals surface area contributed by atoms with E-state index in [-0.39, 0.29) is 23.8 Å². The van der Waals surface area contributed by atoms with Crippen molar-refractivity contribution in [3.8, 4) is 11.3 Å². The molecule has 7 nitrogen and oxygen atoms in total. The first-order chi connectivity index (χ1) is 12.5. The molecule has 4 rings (SSSR count). The predicted molar refractivity (Wildman–Crippen MR) is 101 cm³/mol. The van der Waals surface area contributed by atoms with Gasteiger partial charge in [0, 0.05) is 24.4 Å². The molecule has 0 amide bonds. The summed E-state index contributed by atoms with van der Waals surface area (Å²) in [4.78, 5) is 12.9. The Bertz CT molecular complexity index is 958. The van der Waals surface area contributed by atoms with Crippen LogP contribution in [0.4, 0.5) is 11.8 Å². The molecule has 3 aromatic rings. The molecule has 1 saturated carbocycles. The molecular weight excluding hydrogens is 354 g/mol. The van der Waals surface area contributed by atoms with Crippen LogP contribution in [0, 0.1) is 12.8 Å². The minimum atomic E-state index is 0.100. The number of hydrogen-bond donors (Lipinski definition) is 3. The lowest BCUT2D eigenvalue weighted by Crippen LogP contribution is -2.18. The highest BCUT2D eigenvalue weighted by atomic mass is 35.5. The van der Waals surface area contributed by atoms with Gasteiger partial charge in [0.1, 0.15) is 22.2 Å². The van der Waals surface area contributed by atoms with Crippen molar-refractivity contribution >= 4 is 34.5 Å². The van der Waals surface area contributed by atoms with Crippen LogP contribution in [-0.4, -0.2) is 32.7 Å². The Labute approximate surface area is 155 Å². The van der Waals surface area contributed by atoms with E-state index in [4.69, 9.17) is 21.8 Å². The summed E-state index contributed by atoms with van der Waals surface area (Å²) in [5.74, 6) is 1.50. The molecule has 0 spiro atoms. The summed E-state index contributed by atoms with van der Waals surface area (Å²) in [6, 6.07) is 5.80. The van der Waals surface area contributed by atoms with Gasteiger partial charge in [0.15, 0.2) is 5.58 Å². The SMILES string of the molecule is Cc1ccc2oc(-c3c(Cl)nc(N)nc3N[C@H]3CC[C@@H](CO)C3)cc2n1. The Morgan fingerprint density at radius 1 is 1.31 bits per heavy atom. The summed E-state index contributed by atoms with van der Waals surface area (Å²) in [7, 11) is 0. The molecule has 3 heterocycles. The number of nitrogens with two attached hydrogens (primary N) is 1. The van der Waals surface area contributed by atoms with Crippen LogP contribution in [0.2, 0.25) is 5.15 Å². The number of hydrogen-bond acceptors (Lipinski definition) is 7. The molecule has 26 heavy (non-hydrogen) atoms. The van der Waals surface area contributed by atoms with Crippen LogP contribution in [0.1, 0.15) is 25.0 Å². The first-order valence-corrected chi connectivity index (χ1v) is 8.99. The minimum absolute atomic E-state index is 0.100. The fourth-order valence-corrected chi connectivity index (χ4v) is 3.76. The quantitative estimate of drug-likeness (QED) is 0.601. The smallest absolute Gasteiger partial charge is 0.223 e. The third-order valence-corrected chi connectivity index (χ3v) is 5.06. The van der Waals surface area contributed by atoms with E-state index in [2.05, 4.69) is 20.3 Å². The van der Waals surface area contributed by atoms with Gasteiger partial charge in [-0.2, -0.15) is 4.98 Å². The van der Waals surface area contributed by atoms with E-state index in [0.29, 0.717) is 28.6 Å². The zero-order valence-electron chi connectivity index (χ0n) is 14.4.